The highest BCUT2D eigenvalue weighted by Gasteiger charge is 2.14. The summed E-state index contributed by atoms with van der Waals surface area (Å²) >= 11 is 3.58. The Balaban J connectivity index is 1.54. The number of rotatable bonds is 6. The topological polar surface area (TPSA) is 44.1 Å². The molecule has 0 saturated carbocycles. The van der Waals surface area contributed by atoms with Gasteiger partial charge in [0, 0.05) is 21.0 Å². The van der Waals surface area contributed by atoms with E-state index in [9.17, 15) is 4.79 Å². The van der Waals surface area contributed by atoms with E-state index in [1.165, 1.54) is 11.8 Å². The Morgan fingerprint density at radius 1 is 0.931 bits per heavy atom. The molecule has 0 aliphatic heterocycles. The van der Waals surface area contributed by atoms with Crippen LogP contribution in [-0.2, 0) is 4.79 Å². The first-order valence-electron chi connectivity index (χ1n) is 8.98. The minimum Gasteiger partial charge on any atom is -0.426 e. The third-order valence-electron chi connectivity index (χ3n) is 4.14. The monoisotopic (exact) mass is 512 g/mol. The lowest BCUT2D eigenvalue weighted by molar-refractivity contribution is -0.131. The van der Waals surface area contributed by atoms with Gasteiger partial charge in [0.1, 0.15) is 5.75 Å². The summed E-state index contributed by atoms with van der Waals surface area (Å²) in [5.41, 5.74) is 2.89. The zero-order chi connectivity index (χ0) is 20.1. The number of aromatic nitrogens is 2. The quantitative estimate of drug-likeness (QED) is 0.141. The highest BCUT2D eigenvalue weighted by Crippen LogP contribution is 2.27. The predicted octanol–water partition coefficient (Wildman–Crippen LogP) is 5.84. The van der Waals surface area contributed by atoms with Crippen molar-refractivity contribution >= 4 is 40.3 Å². The number of para-hydroxylation sites is 1. The van der Waals surface area contributed by atoms with Gasteiger partial charge in [-0.3, -0.25) is 9.36 Å². The van der Waals surface area contributed by atoms with Crippen LogP contribution >= 0.6 is 34.4 Å². The van der Waals surface area contributed by atoms with Gasteiger partial charge in [0.15, 0.2) is 5.16 Å². The molecule has 4 aromatic rings. The Morgan fingerprint density at radius 2 is 1.59 bits per heavy atom. The molecule has 0 aliphatic carbocycles. The Hall–Kier alpha value is -2.58. The second-order valence-corrected chi connectivity index (χ2v) is 8.39. The minimum atomic E-state index is -0.305. The SMILES string of the molecule is O=C(CSc1nc(-c2ccccc2)cn1-c1ccccc1)Oc1ccc(I)cc1. The van der Waals surface area contributed by atoms with E-state index in [1.807, 2.05) is 83.6 Å². The van der Waals surface area contributed by atoms with Crippen LogP contribution < -0.4 is 4.74 Å². The number of carbonyl (C=O) groups is 1. The fourth-order valence-electron chi connectivity index (χ4n) is 2.77. The molecule has 4 rings (SSSR count). The van der Waals surface area contributed by atoms with Crippen molar-refractivity contribution in [3.63, 3.8) is 0 Å². The Labute approximate surface area is 187 Å². The number of halogens is 1. The number of hydrogen-bond donors (Lipinski definition) is 0. The van der Waals surface area contributed by atoms with Crippen molar-refractivity contribution in [1.82, 2.24) is 9.55 Å². The molecule has 29 heavy (non-hydrogen) atoms. The third-order valence-corrected chi connectivity index (χ3v) is 5.79. The standard InChI is InChI=1S/C23H17IN2O2S/c24-18-11-13-20(14-12-18)28-22(27)16-29-23-25-21(17-7-3-1-4-8-17)15-26(23)19-9-5-2-6-10-19/h1-15H,16H2. The maximum atomic E-state index is 12.3. The number of carbonyl (C=O) groups excluding carboxylic acids is 1. The van der Waals surface area contributed by atoms with E-state index < -0.39 is 0 Å². The molecule has 144 valence electrons. The lowest BCUT2D eigenvalue weighted by atomic mass is 10.2. The Bertz CT molecular complexity index is 1100. The van der Waals surface area contributed by atoms with Crippen molar-refractivity contribution in [2.75, 3.05) is 5.75 Å². The number of nitrogens with zero attached hydrogens (tertiary/aromatic N) is 2. The van der Waals surface area contributed by atoms with E-state index in [0.29, 0.717) is 5.75 Å². The smallest absolute Gasteiger partial charge is 0.321 e. The Kier molecular flexibility index (Phi) is 6.31. The van der Waals surface area contributed by atoms with Gasteiger partial charge < -0.3 is 4.74 Å². The summed E-state index contributed by atoms with van der Waals surface area (Å²) in [5.74, 6) is 0.414. The molecule has 1 heterocycles. The lowest BCUT2D eigenvalue weighted by Gasteiger charge is -2.07. The minimum absolute atomic E-state index is 0.171. The van der Waals surface area contributed by atoms with Crippen LogP contribution in [0.25, 0.3) is 16.9 Å². The first kappa shape index (κ1) is 19.7. The zero-order valence-corrected chi connectivity index (χ0v) is 18.3. The molecule has 0 N–H and O–H groups in total. The molecular weight excluding hydrogens is 495 g/mol. The number of ether oxygens (including phenoxy) is 1. The van der Waals surface area contributed by atoms with Gasteiger partial charge in [-0.05, 0) is 59.0 Å². The largest absolute Gasteiger partial charge is 0.426 e. The molecule has 0 aliphatic rings. The van der Waals surface area contributed by atoms with E-state index in [0.717, 1.165) is 25.7 Å². The highest BCUT2D eigenvalue weighted by molar-refractivity contribution is 14.1. The van der Waals surface area contributed by atoms with Crippen LogP contribution in [0.3, 0.4) is 0 Å². The van der Waals surface area contributed by atoms with Gasteiger partial charge in [0.2, 0.25) is 0 Å². The maximum absolute atomic E-state index is 12.3. The molecule has 0 spiro atoms. The van der Waals surface area contributed by atoms with Gasteiger partial charge in [-0.15, -0.1) is 0 Å². The van der Waals surface area contributed by atoms with E-state index in [4.69, 9.17) is 9.72 Å². The van der Waals surface area contributed by atoms with Crippen molar-refractivity contribution in [2.24, 2.45) is 0 Å². The molecule has 0 amide bonds. The average Bonchev–Trinajstić information content (AvgIpc) is 3.20. The van der Waals surface area contributed by atoms with Crippen molar-refractivity contribution in [2.45, 2.75) is 5.16 Å². The number of imidazole rings is 1. The molecule has 4 nitrogen and oxygen atoms in total. The van der Waals surface area contributed by atoms with Gasteiger partial charge in [0.05, 0.1) is 11.4 Å². The first-order valence-corrected chi connectivity index (χ1v) is 11.0. The van der Waals surface area contributed by atoms with Crippen molar-refractivity contribution < 1.29 is 9.53 Å². The first-order chi connectivity index (χ1) is 14.2. The number of benzene rings is 3. The van der Waals surface area contributed by atoms with Gasteiger partial charge in [-0.2, -0.15) is 0 Å². The summed E-state index contributed by atoms with van der Waals surface area (Å²) in [5, 5.41) is 0.745. The van der Waals surface area contributed by atoms with Gasteiger partial charge >= 0.3 is 5.97 Å². The van der Waals surface area contributed by atoms with Crippen LogP contribution in [0.5, 0.6) is 5.75 Å². The van der Waals surface area contributed by atoms with Crippen LogP contribution in [0.2, 0.25) is 0 Å². The normalized spacial score (nSPS) is 10.7. The molecular formula is C23H17IN2O2S. The lowest BCUT2D eigenvalue weighted by Crippen LogP contribution is -2.11. The van der Waals surface area contributed by atoms with Crippen molar-refractivity contribution in [1.29, 1.82) is 0 Å². The second-order valence-electron chi connectivity index (χ2n) is 6.20. The number of esters is 1. The third kappa shape index (κ3) is 5.07. The summed E-state index contributed by atoms with van der Waals surface area (Å²) in [6, 6.07) is 27.4. The average molecular weight is 512 g/mol. The summed E-state index contributed by atoms with van der Waals surface area (Å²) in [4.78, 5) is 17.1. The molecule has 0 fully saturated rings. The number of thioether (sulfide) groups is 1. The van der Waals surface area contributed by atoms with E-state index in [-0.39, 0.29) is 11.7 Å². The van der Waals surface area contributed by atoms with Crippen LogP contribution in [0.15, 0.2) is 96.3 Å². The summed E-state index contributed by atoms with van der Waals surface area (Å²) < 4.78 is 8.53. The van der Waals surface area contributed by atoms with Gasteiger partial charge in [-0.25, -0.2) is 4.98 Å². The Morgan fingerprint density at radius 3 is 2.28 bits per heavy atom. The molecule has 3 aromatic carbocycles. The van der Waals surface area contributed by atoms with Gasteiger partial charge in [0.25, 0.3) is 0 Å². The molecule has 0 unspecified atom stereocenters. The predicted molar refractivity (Wildman–Crippen MR) is 125 cm³/mol. The van der Waals surface area contributed by atoms with Crippen LogP contribution in [0, 0.1) is 3.57 Å². The molecule has 0 saturated heterocycles. The molecule has 0 bridgehead atoms. The fraction of sp³-hybridized carbons (Fsp3) is 0.0435. The van der Waals surface area contributed by atoms with Crippen LogP contribution in [0.4, 0.5) is 0 Å². The van der Waals surface area contributed by atoms with Crippen LogP contribution in [0.1, 0.15) is 0 Å². The van der Waals surface area contributed by atoms with Gasteiger partial charge in [-0.1, -0.05) is 60.3 Å². The second kappa shape index (κ2) is 9.28. The fourth-order valence-corrected chi connectivity index (χ4v) is 3.90. The van der Waals surface area contributed by atoms with Crippen molar-refractivity contribution in [3.05, 3.63) is 94.7 Å². The van der Waals surface area contributed by atoms with Crippen LogP contribution in [-0.4, -0.2) is 21.3 Å². The summed E-state index contributed by atoms with van der Waals surface area (Å²) in [6.07, 6.45) is 2.00. The maximum Gasteiger partial charge on any atom is 0.321 e. The summed E-state index contributed by atoms with van der Waals surface area (Å²) in [6.45, 7) is 0. The highest BCUT2D eigenvalue weighted by atomic mass is 127. The zero-order valence-electron chi connectivity index (χ0n) is 15.4. The molecule has 1 aromatic heterocycles. The molecule has 0 radical (unpaired) electrons. The van der Waals surface area contributed by atoms with E-state index >= 15 is 0 Å². The molecule has 0 atom stereocenters. The number of hydrogen-bond acceptors (Lipinski definition) is 4. The van der Waals surface area contributed by atoms with E-state index in [2.05, 4.69) is 22.6 Å². The summed E-state index contributed by atoms with van der Waals surface area (Å²) in [7, 11) is 0. The van der Waals surface area contributed by atoms with E-state index in [1.54, 1.807) is 12.1 Å². The van der Waals surface area contributed by atoms with Crippen molar-refractivity contribution in [3.8, 4) is 22.7 Å². The molecule has 6 heteroatoms.